The number of ether oxygens (including phenoxy) is 1. The topological polar surface area (TPSA) is 71.5 Å². The molecule has 0 amide bonds. The van der Waals surface area contributed by atoms with Gasteiger partial charge in [0.15, 0.2) is 0 Å². The van der Waals surface area contributed by atoms with Crippen molar-refractivity contribution in [1.29, 1.82) is 0 Å². The molecule has 1 aromatic heterocycles. The SMILES string of the molecule is CCCS(=O)(=O)NC1CCN(Cc2ccc(Oc3nc4ccccc4s3)cc2)CC1. The minimum atomic E-state index is -3.13. The quantitative estimate of drug-likeness (QED) is 0.557. The number of rotatable bonds is 8. The maximum Gasteiger partial charge on any atom is 0.279 e. The normalized spacial score (nSPS) is 16.2. The summed E-state index contributed by atoms with van der Waals surface area (Å²) in [5.41, 5.74) is 2.17. The standard InChI is InChI=1S/C22H27N3O3S2/c1-2-15-30(26,27)24-18-11-13-25(14-12-18)16-17-7-9-19(10-8-17)28-22-23-20-5-3-4-6-21(20)29-22/h3-10,18,24H,2,11-16H2,1H3. The van der Waals surface area contributed by atoms with Crippen LogP contribution in [0, 0.1) is 0 Å². The lowest BCUT2D eigenvalue weighted by Gasteiger charge is -2.32. The molecule has 0 unspecified atom stereocenters. The molecule has 3 aromatic rings. The predicted molar refractivity (Wildman–Crippen MR) is 122 cm³/mol. The molecule has 6 nitrogen and oxygen atoms in total. The third kappa shape index (κ3) is 5.57. The van der Waals surface area contributed by atoms with Crippen LogP contribution in [0.15, 0.2) is 48.5 Å². The number of sulfonamides is 1. The van der Waals surface area contributed by atoms with Gasteiger partial charge in [0.2, 0.25) is 10.0 Å². The zero-order valence-electron chi connectivity index (χ0n) is 17.1. The van der Waals surface area contributed by atoms with Crippen LogP contribution in [0.1, 0.15) is 31.7 Å². The van der Waals surface area contributed by atoms with Gasteiger partial charge in [0.05, 0.1) is 16.0 Å². The van der Waals surface area contributed by atoms with Gasteiger partial charge in [0, 0.05) is 25.7 Å². The Kier molecular flexibility index (Phi) is 6.67. The fourth-order valence-electron chi connectivity index (χ4n) is 3.71. The molecule has 0 spiro atoms. The molecule has 0 radical (unpaired) electrons. The number of fused-ring (bicyclic) bond motifs is 1. The third-order valence-electron chi connectivity index (χ3n) is 5.22. The van der Waals surface area contributed by atoms with Gasteiger partial charge in [-0.15, -0.1) is 0 Å². The number of thiazole rings is 1. The average molecular weight is 446 g/mol. The van der Waals surface area contributed by atoms with E-state index in [0.717, 1.165) is 48.4 Å². The summed E-state index contributed by atoms with van der Waals surface area (Å²) in [5.74, 6) is 0.986. The van der Waals surface area contributed by atoms with E-state index in [2.05, 4.69) is 26.7 Å². The highest BCUT2D eigenvalue weighted by atomic mass is 32.2. The number of hydrogen-bond acceptors (Lipinski definition) is 6. The van der Waals surface area contributed by atoms with Crippen LogP contribution in [0.25, 0.3) is 10.2 Å². The second-order valence-corrected chi connectivity index (χ2v) is 10.5. The summed E-state index contributed by atoms with van der Waals surface area (Å²) in [6, 6.07) is 16.2. The molecule has 2 aromatic carbocycles. The lowest BCUT2D eigenvalue weighted by atomic mass is 10.1. The summed E-state index contributed by atoms with van der Waals surface area (Å²) >= 11 is 1.54. The van der Waals surface area contributed by atoms with Gasteiger partial charge in [-0.05, 0) is 49.1 Å². The van der Waals surface area contributed by atoms with Crippen LogP contribution in [0.4, 0.5) is 0 Å². The van der Waals surface area contributed by atoms with Crippen LogP contribution in [0.3, 0.4) is 0 Å². The first-order valence-corrected chi connectivity index (χ1v) is 12.8. The number of piperidine rings is 1. The highest BCUT2D eigenvalue weighted by Gasteiger charge is 2.23. The Morgan fingerprint density at radius 1 is 1.13 bits per heavy atom. The highest BCUT2D eigenvalue weighted by Crippen LogP contribution is 2.31. The number of para-hydroxylation sites is 1. The lowest BCUT2D eigenvalue weighted by molar-refractivity contribution is 0.200. The molecule has 1 aliphatic rings. The van der Waals surface area contributed by atoms with Crippen molar-refractivity contribution in [3.63, 3.8) is 0 Å². The van der Waals surface area contributed by atoms with Gasteiger partial charge in [-0.2, -0.15) is 0 Å². The second-order valence-electron chi connectivity index (χ2n) is 7.68. The van der Waals surface area contributed by atoms with E-state index in [0.29, 0.717) is 11.6 Å². The van der Waals surface area contributed by atoms with E-state index in [1.54, 1.807) is 11.3 Å². The van der Waals surface area contributed by atoms with E-state index in [9.17, 15) is 8.42 Å². The lowest BCUT2D eigenvalue weighted by Crippen LogP contribution is -2.44. The van der Waals surface area contributed by atoms with Crippen LogP contribution in [-0.4, -0.2) is 43.2 Å². The fourth-order valence-corrected chi connectivity index (χ4v) is 5.94. The van der Waals surface area contributed by atoms with E-state index in [1.807, 2.05) is 43.3 Å². The Morgan fingerprint density at radius 2 is 1.87 bits per heavy atom. The molecule has 0 saturated carbocycles. The average Bonchev–Trinajstić information content (AvgIpc) is 3.13. The van der Waals surface area contributed by atoms with Crippen LogP contribution in [0.5, 0.6) is 10.9 Å². The molecule has 0 bridgehead atoms. The fraction of sp³-hybridized carbons (Fsp3) is 0.409. The second kappa shape index (κ2) is 9.43. The predicted octanol–water partition coefficient (Wildman–Crippen LogP) is 4.38. The Bertz CT molecular complexity index is 1040. The highest BCUT2D eigenvalue weighted by molar-refractivity contribution is 7.89. The van der Waals surface area contributed by atoms with Crippen molar-refractivity contribution in [2.75, 3.05) is 18.8 Å². The summed E-state index contributed by atoms with van der Waals surface area (Å²) in [6.07, 6.45) is 2.34. The van der Waals surface area contributed by atoms with E-state index in [1.165, 1.54) is 5.56 Å². The molecular formula is C22H27N3O3S2. The summed E-state index contributed by atoms with van der Waals surface area (Å²) in [7, 11) is -3.13. The molecule has 1 aliphatic heterocycles. The zero-order chi connectivity index (χ0) is 21.0. The summed E-state index contributed by atoms with van der Waals surface area (Å²) in [6.45, 7) is 4.53. The van der Waals surface area contributed by atoms with Gasteiger partial charge in [0.25, 0.3) is 5.19 Å². The molecule has 0 atom stereocenters. The molecular weight excluding hydrogens is 418 g/mol. The number of benzene rings is 2. The maximum absolute atomic E-state index is 11.9. The van der Waals surface area contributed by atoms with Crippen LogP contribution in [-0.2, 0) is 16.6 Å². The van der Waals surface area contributed by atoms with E-state index in [-0.39, 0.29) is 11.8 Å². The monoisotopic (exact) mass is 445 g/mol. The van der Waals surface area contributed by atoms with Crippen molar-refractivity contribution in [1.82, 2.24) is 14.6 Å². The van der Waals surface area contributed by atoms with Crippen LogP contribution < -0.4 is 9.46 Å². The van der Waals surface area contributed by atoms with Gasteiger partial charge in [-0.3, -0.25) is 4.90 Å². The van der Waals surface area contributed by atoms with Gasteiger partial charge >= 0.3 is 0 Å². The van der Waals surface area contributed by atoms with E-state index >= 15 is 0 Å². The first-order chi connectivity index (χ1) is 14.5. The molecule has 2 heterocycles. The van der Waals surface area contributed by atoms with Gasteiger partial charge < -0.3 is 4.74 Å². The summed E-state index contributed by atoms with van der Waals surface area (Å²) in [5, 5.41) is 0.650. The van der Waals surface area contributed by atoms with E-state index in [4.69, 9.17) is 4.74 Å². The largest absolute Gasteiger partial charge is 0.431 e. The van der Waals surface area contributed by atoms with Gasteiger partial charge in [-0.25, -0.2) is 18.1 Å². The van der Waals surface area contributed by atoms with Crippen molar-refractivity contribution in [3.05, 3.63) is 54.1 Å². The van der Waals surface area contributed by atoms with Crippen molar-refractivity contribution < 1.29 is 13.2 Å². The molecule has 160 valence electrons. The van der Waals surface area contributed by atoms with Gasteiger partial charge in [-0.1, -0.05) is 42.5 Å². The third-order valence-corrected chi connectivity index (χ3v) is 7.77. The molecule has 1 saturated heterocycles. The summed E-state index contributed by atoms with van der Waals surface area (Å²) < 4.78 is 33.8. The first kappa shape index (κ1) is 21.2. The number of hydrogen-bond donors (Lipinski definition) is 1. The van der Waals surface area contributed by atoms with Crippen molar-refractivity contribution >= 4 is 31.6 Å². The number of nitrogens with one attached hydrogen (secondary N) is 1. The van der Waals surface area contributed by atoms with Crippen LogP contribution >= 0.6 is 11.3 Å². The Hall–Kier alpha value is -2.00. The minimum absolute atomic E-state index is 0.0578. The summed E-state index contributed by atoms with van der Waals surface area (Å²) in [4.78, 5) is 6.88. The first-order valence-electron chi connectivity index (χ1n) is 10.4. The van der Waals surface area contributed by atoms with E-state index < -0.39 is 10.0 Å². The molecule has 8 heteroatoms. The Balaban J connectivity index is 1.28. The molecule has 30 heavy (non-hydrogen) atoms. The minimum Gasteiger partial charge on any atom is -0.431 e. The number of likely N-dealkylation sites (tertiary alicyclic amines) is 1. The van der Waals surface area contributed by atoms with Crippen LogP contribution in [0.2, 0.25) is 0 Å². The zero-order valence-corrected chi connectivity index (χ0v) is 18.7. The number of aromatic nitrogens is 1. The molecule has 1 fully saturated rings. The smallest absolute Gasteiger partial charge is 0.279 e. The maximum atomic E-state index is 11.9. The molecule has 0 aliphatic carbocycles. The molecule has 4 rings (SSSR count). The Labute approximate surface area is 181 Å². The van der Waals surface area contributed by atoms with Crippen molar-refractivity contribution in [2.45, 2.75) is 38.8 Å². The van der Waals surface area contributed by atoms with Crippen molar-refractivity contribution in [2.24, 2.45) is 0 Å². The Morgan fingerprint density at radius 3 is 2.57 bits per heavy atom. The number of nitrogens with zero attached hydrogens (tertiary/aromatic N) is 2. The molecule has 1 N–H and O–H groups in total. The van der Waals surface area contributed by atoms with Crippen molar-refractivity contribution in [3.8, 4) is 10.9 Å². The van der Waals surface area contributed by atoms with Gasteiger partial charge in [0.1, 0.15) is 5.75 Å².